The Bertz CT molecular complexity index is 798. The summed E-state index contributed by atoms with van der Waals surface area (Å²) in [4.78, 5) is 31.8. The van der Waals surface area contributed by atoms with Crippen LogP contribution in [-0.4, -0.2) is 46.2 Å². The first-order chi connectivity index (χ1) is 12.5. The second kappa shape index (κ2) is 8.27. The van der Waals surface area contributed by atoms with E-state index in [4.69, 9.17) is 11.6 Å². The standard InChI is InChI=1S/C19H19ClFN3O2/c20-16-4-1-14(2-5-16)12-23-7-8-24(13-19(23)26)18(25)6-3-15-9-17(21)11-22-10-15/h1-2,4-5,9-11H,3,6-8,12-13H2. The average molecular weight is 376 g/mol. The maximum absolute atomic E-state index is 13.1. The topological polar surface area (TPSA) is 53.5 Å². The van der Waals surface area contributed by atoms with Gasteiger partial charge in [0.1, 0.15) is 5.82 Å². The Hall–Kier alpha value is -2.47. The summed E-state index contributed by atoms with van der Waals surface area (Å²) >= 11 is 5.87. The van der Waals surface area contributed by atoms with Crippen LogP contribution >= 0.6 is 11.6 Å². The number of pyridine rings is 1. The Morgan fingerprint density at radius 2 is 1.92 bits per heavy atom. The van der Waals surface area contributed by atoms with Crippen LogP contribution in [0.5, 0.6) is 0 Å². The van der Waals surface area contributed by atoms with Crippen molar-refractivity contribution in [2.24, 2.45) is 0 Å². The highest BCUT2D eigenvalue weighted by Gasteiger charge is 2.26. The van der Waals surface area contributed by atoms with Gasteiger partial charge in [0.2, 0.25) is 11.8 Å². The molecule has 0 N–H and O–H groups in total. The number of amides is 2. The predicted molar refractivity (Wildman–Crippen MR) is 96.0 cm³/mol. The zero-order valence-electron chi connectivity index (χ0n) is 14.2. The summed E-state index contributed by atoms with van der Waals surface area (Å²) < 4.78 is 13.1. The summed E-state index contributed by atoms with van der Waals surface area (Å²) in [5.41, 5.74) is 1.67. The number of aryl methyl sites for hydroxylation is 1. The third kappa shape index (κ3) is 4.79. The van der Waals surface area contributed by atoms with Crippen LogP contribution in [-0.2, 0) is 22.6 Å². The Labute approximate surface area is 156 Å². The van der Waals surface area contributed by atoms with Crippen molar-refractivity contribution in [1.82, 2.24) is 14.8 Å². The molecular formula is C19H19ClFN3O2. The fourth-order valence-corrected chi connectivity index (χ4v) is 3.03. The highest BCUT2D eigenvalue weighted by molar-refractivity contribution is 6.30. The van der Waals surface area contributed by atoms with Crippen molar-refractivity contribution in [3.63, 3.8) is 0 Å². The minimum Gasteiger partial charge on any atom is -0.335 e. The number of rotatable bonds is 5. The molecule has 3 rings (SSSR count). The molecule has 1 aromatic carbocycles. The molecule has 0 saturated carbocycles. The van der Waals surface area contributed by atoms with Gasteiger partial charge in [-0.25, -0.2) is 4.39 Å². The van der Waals surface area contributed by atoms with Crippen LogP contribution < -0.4 is 0 Å². The average Bonchev–Trinajstić information content (AvgIpc) is 2.63. The molecule has 0 unspecified atom stereocenters. The van der Waals surface area contributed by atoms with Crippen LogP contribution in [0.15, 0.2) is 42.7 Å². The number of benzene rings is 1. The highest BCUT2D eigenvalue weighted by atomic mass is 35.5. The van der Waals surface area contributed by atoms with Crippen LogP contribution in [0.2, 0.25) is 5.02 Å². The zero-order valence-corrected chi connectivity index (χ0v) is 15.0. The quantitative estimate of drug-likeness (QED) is 0.807. The molecule has 1 fully saturated rings. The van der Waals surface area contributed by atoms with E-state index in [1.165, 1.54) is 6.07 Å². The summed E-state index contributed by atoms with van der Waals surface area (Å²) in [6.07, 6.45) is 3.31. The molecule has 2 amide bonds. The smallest absolute Gasteiger partial charge is 0.242 e. The summed E-state index contributed by atoms with van der Waals surface area (Å²) in [5, 5.41) is 0.656. The van der Waals surface area contributed by atoms with E-state index >= 15 is 0 Å². The van der Waals surface area contributed by atoms with Gasteiger partial charge in [-0.15, -0.1) is 0 Å². The van der Waals surface area contributed by atoms with Gasteiger partial charge in [-0.3, -0.25) is 14.6 Å². The van der Waals surface area contributed by atoms with Crippen LogP contribution in [0.1, 0.15) is 17.5 Å². The number of nitrogens with zero attached hydrogens (tertiary/aromatic N) is 3. The molecule has 0 radical (unpaired) electrons. The second-order valence-corrected chi connectivity index (χ2v) is 6.70. The van der Waals surface area contributed by atoms with Crippen LogP contribution in [0.25, 0.3) is 0 Å². The van der Waals surface area contributed by atoms with Crippen LogP contribution in [0, 0.1) is 5.82 Å². The SMILES string of the molecule is O=C(CCc1cncc(F)c1)N1CCN(Cc2ccc(Cl)cc2)C(=O)C1. The Balaban J connectivity index is 1.50. The number of hydrogen-bond acceptors (Lipinski definition) is 3. The van der Waals surface area contributed by atoms with Crippen molar-refractivity contribution in [2.45, 2.75) is 19.4 Å². The van der Waals surface area contributed by atoms with Crippen molar-refractivity contribution in [2.75, 3.05) is 19.6 Å². The Morgan fingerprint density at radius 1 is 1.15 bits per heavy atom. The van der Waals surface area contributed by atoms with E-state index in [0.717, 1.165) is 11.8 Å². The lowest BCUT2D eigenvalue weighted by atomic mass is 10.1. The fraction of sp³-hybridized carbons (Fsp3) is 0.316. The van der Waals surface area contributed by atoms with E-state index in [2.05, 4.69) is 4.98 Å². The number of piperazine rings is 1. The first-order valence-electron chi connectivity index (χ1n) is 8.41. The molecule has 0 atom stereocenters. The Kier molecular flexibility index (Phi) is 5.83. The third-order valence-electron chi connectivity index (χ3n) is 4.35. The molecular weight excluding hydrogens is 357 g/mol. The van der Waals surface area contributed by atoms with Crippen molar-refractivity contribution in [1.29, 1.82) is 0 Å². The number of hydrogen-bond donors (Lipinski definition) is 0. The van der Waals surface area contributed by atoms with Gasteiger partial charge >= 0.3 is 0 Å². The lowest BCUT2D eigenvalue weighted by Gasteiger charge is -2.34. The fourth-order valence-electron chi connectivity index (χ4n) is 2.90. The van der Waals surface area contributed by atoms with E-state index in [0.29, 0.717) is 36.6 Å². The molecule has 1 saturated heterocycles. The molecule has 0 spiro atoms. The molecule has 136 valence electrons. The number of aromatic nitrogens is 1. The largest absolute Gasteiger partial charge is 0.335 e. The molecule has 7 heteroatoms. The monoisotopic (exact) mass is 375 g/mol. The van der Waals surface area contributed by atoms with Gasteiger partial charge in [0.05, 0.1) is 12.7 Å². The van der Waals surface area contributed by atoms with Gasteiger partial charge in [-0.1, -0.05) is 23.7 Å². The Morgan fingerprint density at radius 3 is 2.62 bits per heavy atom. The maximum atomic E-state index is 13.1. The lowest BCUT2D eigenvalue weighted by Crippen LogP contribution is -2.51. The van der Waals surface area contributed by atoms with Gasteiger partial charge in [-0.2, -0.15) is 0 Å². The van der Waals surface area contributed by atoms with Gasteiger partial charge in [0, 0.05) is 37.3 Å². The molecule has 0 aliphatic carbocycles. The second-order valence-electron chi connectivity index (χ2n) is 6.27. The normalized spacial score (nSPS) is 14.6. The number of carbonyl (C=O) groups is 2. The molecule has 2 heterocycles. The van der Waals surface area contributed by atoms with Gasteiger partial charge < -0.3 is 9.80 Å². The summed E-state index contributed by atoms with van der Waals surface area (Å²) in [6, 6.07) is 8.74. The van der Waals surface area contributed by atoms with Crippen molar-refractivity contribution in [3.8, 4) is 0 Å². The maximum Gasteiger partial charge on any atom is 0.242 e. The van der Waals surface area contributed by atoms with Crippen molar-refractivity contribution in [3.05, 3.63) is 64.7 Å². The minimum absolute atomic E-state index is 0.0769. The van der Waals surface area contributed by atoms with Crippen LogP contribution in [0.3, 0.4) is 0 Å². The molecule has 2 aromatic rings. The van der Waals surface area contributed by atoms with Gasteiger partial charge in [-0.05, 0) is 35.7 Å². The summed E-state index contributed by atoms with van der Waals surface area (Å²) in [7, 11) is 0. The van der Waals surface area contributed by atoms with Crippen molar-refractivity contribution < 1.29 is 14.0 Å². The molecule has 1 aliphatic rings. The number of carbonyl (C=O) groups excluding carboxylic acids is 2. The molecule has 0 bridgehead atoms. The van der Waals surface area contributed by atoms with E-state index in [9.17, 15) is 14.0 Å². The summed E-state index contributed by atoms with van der Waals surface area (Å²) in [5.74, 6) is -0.596. The van der Waals surface area contributed by atoms with Crippen molar-refractivity contribution >= 4 is 23.4 Å². The minimum atomic E-state index is -0.416. The van der Waals surface area contributed by atoms with Gasteiger partial charge in [0.25, 0.3) is 0 Å². The first kappa shape index (κ1) is 18.3. The molecule has 5 nitrogen and oxygen atoms in total. The van der Waals surface area contributed by atoms with Gasteiger partial charge in [0.15, 0.2) is 0 Å². The van der Waals surface area contributed by atoms with E-state index in [1.54, 1.807) is 28.1 Å². The number of halogens is 2. The predicted octanol–water partition coefficient (Wildman–Crippen LogP) is 2.68. The molecule has 26 heavy (non-hydrogen) atoms. The zero-order chi connectivity index (χ0) is 18.5. The first-order valence-corrected chi connectivity index (χ1v) is 8.78. The van der Waals surface area contributed by atoms with Crippen LogP contribution in [0.4, 0.5) is 4.39 Å². The summed E-state index contributed by atoms with van der Waals surface area (Å²) in [6.45, 7) is 1.58. The van der Waals surface area contributed by atoms with E-state index in [1.807, 2.05) is 12.1 Å². The van der Waals surface area contributed by atoms with E-state index < -0.39 is 5.82 Å². The molecule has 1 aromatic heterocycles. The lowest BCUT2D eigenvalue weighted by molar-refractivity contribution is -0.145. The van der Waals surface area contributed by atoms with E-state index in [-0.39, 0.29) is 24.8 Å². The molecule has 1 aliphatic heterocycles. The third-order valence-corrected chi connectivity index (χ3v) is 4.60. The highest BCUT2D eigenvalue weighted by Crippen LogP contribution is 2.14.